The van der Waals surface area contributed by atoms with Crippen LogP contribution in [0, 0.1) is 5.92 Å². The van der Waals surface area contributed by atoms with E-state index in [1.807, 2.05) is 11.9 Å². The molecule has 104 valence electrons. The van der Waals surface area contributed by atoms with Crippen LogP contribution in [0.25, 0.3) is 0 Å². The number of hydrogen-bond donors (Lipinski definition) is 0. The van der Waals surface area contributed by atoms with Crippen LogP contribution >= 0.6 is 0 Å². The molecule has 19 heavy (non-hydrogen) atoms. The zero-order chi connectivity index (χ0) is 14.0. The number of ether oxygens (including phenoxy) is 2. The molecule has 1 fully saturated rings. The lowest BCUT2D eigenvalue weighted by atomic mass is 10.1. The van der Waals surface area contributed by atoms with Crippen LogP contribution in [0.1, 0.15) is 30.1 Å². The maximum absolute atomic E-state index is 12.5. The molecule has 0 bridgehead atoms. The molecule has 1 aliphatic rings. The molecular weight excluding hydrogens is 242 g/mol. The lowest BCUT2D eigenvalue weighted by Crippen LogP contribution is -2.36. The molecule has 1 atom stereocenters. The van der Waals surface area contributed by atoms with Crippen LogP contribution in [-0.2, 0) is 0 Å². The van der Waals surface area contributed by atoms with E-state index >= 15 is 0 Å². The summed E-state index contributed by atoms with van der Waals surface area (Å²) in [5.74, 6) is 1.93. The Morgan fingerprint density at radius 1 is 1.21 bits per heavy atom. The van der Waals surface area contributed by atoms with Crippen LogP contribution in [0.4, 0.5) is 0 Å². The van der Waals surface area contributed by atoms with Crippen molar-refractivity contribution in [3.8, 4) is 11.5 Å². The van der Waals surface area contributed by atoms with Crippen molar-refractivity contribution in [1.29, 1.82) is 0 Å². The highest BCUT2D eigenvalue weighted by atomic mass is 16.5. The monoisotopic (exact) mass is 263 g/mol. The van der Waals surface area contributed by atoms with Crippen molar-refractivity contribution in [1.82, 2.24) is 4.90 Å². The molecule has 4 nitrogen and oxygen atoms in total. The van der Waals surface area contributed by atoms with Gasteiger partial charge in [-0.25, -0.2) is 0 Å². The molecule has 0 N–H and O–H groups in total. The average Bonchev–Trinajstić information content (AvgIpc) is 3.28. The molecular formula is C15H21NO3. The first-order valence-corrected chi connectivity index (χ1v) is 6.57. The molecule has 4 heteroatoms. The summed E-state index contributed by atoms with van der Waals surface area (Å²) in [6.45, 7) is 2.10. The van der Waals surface area contributed by atoms with Crippen molar-refractivity contribution >= 4 is 5.91 Å². The lowest BCUT2D eigenvalue weighted by molar-refractivity contribution is 0.0726. The molecule has 1 aromatic carbocycles. The summed E-state index contributed by atoms with van der Waals surface area (Å²) in [5.41, 5.74) is 0.603. The predicted octanol–water partition coefficient (Wildman–Crippen LogP) is 2.57. The smallest absolute Gasteiger partial charge is 0.254 e. The largest absolute Gasteiger partial charge is 0.497 e. The Labute approximate surface area is 114 Å². The van der Waals surface area contributed by atoms with E-state index in [1.54, 1.807) is 32.4 Å². The maximum Gasteiger partial charge on any atom is 0.254 e. The molecule has 0 aliphatic heterocycles. The Balaban J connectivity index is 2.21. The quantitative estimate of drug-likeness (QED) is 0.819. The molecule has 1 aromatic rings. The normalized spacial score (nSPS) is 15.8. The fourth-order valence-corrected chi connectivity index (χ4v) is 2.21. The van der Waals surface area contributed by atoms with E-state index in [4.69, 9.17) is 9.47 Å². The van der Waals surface area contributed by atoms with Crippen LogP contribution in [0.15, 0.2) is 18.2 Å². The van der Waals surface area contributed by atoms with E-state index in [-0.39, 0.29) is 11.9 Å². The highest BCUT2D eigenvalue weighted by Gasteiger charge is 2.32. The molecule has 0 saturated heterocycles. The molecule has 1 amide bonds. The minimum absolute atomic E-state index is 0.0107. The van der Waals surface area contributed by atoms with Gasteiger partial charge in [0.05, 0.1) is 14.2 Å². The topological polar surface area (TPSA) is 38.8 Å². The highest BCUT2D eigenvalue weighted by molar-refractivity contribution is 5.95. The summed E-state index contributed by atoms with van der Waals surface area (Å²) < 4.78 is 10.4. The third-order valence-electron chi connectivity index (χ3n) is 3.83. The van der Waals surface area contributed by atoms with Gasteiger partial charge in [0.1, 0.15) is 11.5 Å². The van der Waals surface area contributed by atoms with Gasteiger partial charge < -0.3 is 14.4 Å². The molecule has 0 radical (unpaired) electrons. The summed E-state index contributed by atoms with van der Waals surface area (Å²) in [6, 6.07) is 5.55. The Kier molecular flexibility index (Phi) is 3.98. The molecule has 2 rings (SSSR count). The number of carbonyl (C=O) groups is 1. The lowest BCUT2D eigenvalue weighted by Gasteiger charge is -2.25. The van der Waals surface area contributed by atoms with Crippen molar-refractivity contribution in [2.45, 2.75) is 25.8 Å². The Morgan fingerprint density at radius 2 is 1.74 bits per heavy atom. The zero-order valence-corrected chi connectivity index (χ0v) is 12.0. The van der Waals surface area contributed by atoms with Gasteiger partial charge in [0.25, 0.3) is 5.91 Å². The predicted molar refractivity (Wildman–Crippen MR) is 73.8 cm³/mol. The highest BCUT2D eigenvalue weighted by Crippen LogP contribution is 2.35. The zero-order valence-electron chi connectivity index (χ0n) is 12.0. The van der Waals surface area contributed by atoms with Crippen molar-refractivity contribution in [3.05, 3.63) is 23.8 Å². The van der Waals surface area contributed by atoms with Crippen LogP contribution in [0.5, 0.6) is 11.5 Å². The molecule has 0 heterocycles. The van der Waals surface area contributed by atoms with E-state index in [1.165, 1.54) is 12.8 Å². The summed E-state index contributed by atoms with van der Waals surface area (Å²) >= 11 is 0. The van der Waals surface area contributed by atoms with Crippen molar-refractivity contribution in [2.24, 2.45) is 5.92 Å². The molecule has 1 saturated carbocycles. The van der Waals surface area contributed by atoms with Crippen molar-refractivity contribution < 1.29 is 14.3 Å². The second-order valence-corrected chi connectivity index (χ2v) is 5.10. The van der Waals surface area contributed by atoms with E-state index < -0.39 is 0 Å². The fourth-order valence-electron chi connectivity index (χ4n) is 2.21. The number of rotatable bonds is 5. The minimum atomic E-state index is 0.0107. The van der Waals surface area contributed by atoms with Crippen LogP contribution in [0.2, 0.25) is 0 Å². The molecule has 1 unspecified atom stereocenters. The molecule has 0 spiro atoms. The first kappa shape index (κ1) is 13.7. The van der Waals surface area contributed by atoms with Crippen LogP contribution in [-0.4, -0.2) is 38.1 Å². The molecule has 0 aromatic heterocycles. The SMILES string of the molecule is COc1cc(OC)cc(C(=O)N(C)C(C)C2CC2)c1. The Hall–Kier alpha value is -1.71. The number of hydrogen-bond acceptors (Lipinski definition) is 3. The fraction of sp³-hybridized carbons (Fsp3) is 0.533. The number of carbonyl (C=O) groups excluding carboxylic acids is 1. The van der Waals surface area contributed by atoms with Gasteiger partial charge in [-0.15, -0.1) is 0 Å². The van der Waals surface area contributed by atoms with Crippen molar-refractivity contribution in [2.75, 3.05) is 21.3 Å². The average molecular weight is 263 g/mol. The van der Waals surface area contributed by atoms with Crippen LogP contribution in [0.3, 0.4) is 0 Å². The number of benzene rings is 1. The third-order valence-corrected chi connectivity index (χ3v) is 3.83. The second-order valence-electron chi connectivity index (χ2n) is 5.10. The minimum Gasteiger partial charge on any atom is -0.497 e. The number of nitrogens with zero attached hydrogens (tertiary/aromatic N) is 1. The van der Waals surface area contributed by atoms with E-state index in [2.05, 4.69) is 6.92 Å². The van der Waals surface area contributed by atoms with E-state index in [0.717, 1.165) is 0 Å². The van der Waals surface area contributed by atoms with Gasteiger partial charge in [0.15, 0.2) is 0 Å². The first-order valence-electron chi connectivity index (χ1n) is 6.57. The second kappa shape index (κ2) is 5.51. The van der Waals surface area contributed by atoms with Gasteiger partial charge in [-0.1, -0.05) is 0 Å². The van der Waals surface area contributed by atoms with Gasteiger partial charge in [-0.3, -0.25) is 4.79 Å². The van der Waals surface area contributed by atoms with E-state index in [9.17, 15) is 4.79 Å². The van der Waals surface area contributed by atoms with Gasteiger partial charge in [-0.2, -0.15) is 0 Å². The summed E-state index contributed by atoms with van der Waals surface area (Å²) in [4.78, 5) is 14.3. The summed E-state index contributed by atoms with van der Waals surface area (Å²) in [7, 11) is 5.02. The van der Waals surface area contributed by atoms with Gasteiger partial charge >= 0.3 is 0 Å². The van der Waals surface area contributed by atoms with Gasteiger partial charge in [-0.05, 0) is 37.8 Å². The van der Waals surface area contributed by atoms with E-state index in [0.29, 0.717) is 23.0 Å². The third kappa shape index (κ3) is 3.00. The van der Waals surface area contributed by atoms with Crippen molar-refractivity contribution in [3.63, 3.8) is 0 Å². The van der Waals surface area contributed by atoms with Crippen LogP contribution < -0.4 is 9.47 Å². The van der Waals surface area contributed by atoms with Gasteiger partial charge in [0, 0.05) is 24.7 Å². The Bertz CT molecular complexity index is 446. The molecule has 1 aliphatic carbocycles. The first-order chi connectivity index (χ1) is 9.06. The maximum atomic E-state index is 12.5. The number of methoxy groups -OCH3 is 2. The number of amides is 1. The Morgan fingerprint density at radius 3 is 2.16 bits per heavy atom. The summed E-state index contributed by atoms with van der Waals surface area (Å²) in [5, 5.41) is 0. The standard InChI is InChI=1S/C15H21NO3/c1-10(11-5-6-11)16(2)15(17)12-7-13(18-3)9-14(8-12)19-4/h7-11H,5-6H2,1-4H3. The summed E-state index contributed by atoms with van der Waals surface area (Å²) in [6.07, 6.45) is 2.44. The van der Waals surface area contributed by atoms with Gasteiger partial charge in [0.2, 0.25) is 0 Å².